The van der Waals surface area contributed by atoms with Gasteiger partial charge in [-0.15, -0.1) is 0 Å². The minimum atomic E-state index is -2.42. The number of hydrogen-bond donors (Lipinski definition) is 0. The van der Waals surface area contributed by atoms with Crippen LogP contribution in [0.3, 0.4) is 0 Å². The molecule has 4 aromatic carbocycles. The zero-order valence-electron chi connectivity index (χ0n) is 29.2. The predicted octanol–water partition coefficient (Wildman–Crippen LogP) is 10.1. The van der Waals surface area contributed by atoms with Crippen molar-refractivity contribution >= 4 is 44.1 Å². The fraction of sp³-hybridized carbons (Fsp3) is 0.316. The number of aryl methyl sites for hydroxylation is 3. The maximum absolute atomic E-state index is 7.75. The molecule has 3 aromatic heterocycles. The van der Waals surface area contributed by atoms with Gasteiger partial charge in [0.15, 0.2) is 28.1 Å². The molecule has 0 amide bonds. The van der Waals surface area contributed by atoms with E-state index in [0.717, 1.165) is 44.3 Å². The quantitative estimate of drug-likeness (QED) is 0.193. The van der Waals surface area contributed by atoms with Crippen molar-refractivity contribution in [3.8, 4) is 17.1 Å². The van der Waals surface area contributed by atoms with Crippen LogP contribution < -0.4 is 4.57 Å². The average Bonchev–Trinajstić information content (AvgIpc) is 3.66. The van der Waals surface area contributed by atoms with Gasteiger partial charge in [0.25, 0.3) is 5.82 Å². The van der Waals surface area contributed by atoms with E-state index >= 15 is 0 Å². The molecule has 0 saturated heterocycles. The Labute approximate surface area is 257 Å². The van der Waals surface area contributed by atoms with Gasteiger partial charge in [-0.25, -0.2) is 9.55 Å². The van der Waals surface area contributed by atoms with Gasteiger partial charge < -0.3 is 8.83 Å². The lowest BCUT2D eigenvalue weighted by Gasteiger charge is -2.21. The van der Waals surface area contributed by atoms with E-state index in [1.807, 2.05) is 6.07 Å². The van der Waals surface area contributed by atoms with Crippen LogP contribution in [0.2, 0.25) is 0 Å². The van der Waals surface area contributed by atoms with Crippen molar-refractivity contribution in [2.75, 3.05) is 0 Å². The van der Waals surface area contributed by atoms with Crippen molar-refractivity contribution < 1.29 is 17.5 Å². The highest BCUT2D eigenvalue weighted by Crippen LogP contribution is 2.43. The lowest BCUT2D eigenvalue weighted by atomic mass is 9.87. The second kappa shape index (κ2) is 9.84. The SMILES string of the molecule is [2H]C([2H])([2H])c1nc2cc3c(cc2o1)oc1c(-c2n(-c4c(C(C)C)cc(C(C)C)cc4C(C)C)c4ccccc4[n+]2C)c(C)ccc13. The molecule has 0 fully saturated rings. The van der Waals surface area contributed by atoms with Crippen LogP contribution in [0.4, 0.5) is 0 Å². The van der Waals surface area contributed by atoms with Gasteiger partial charge in [-0.1, -0.05) is 77.9 Å². The van der Waals surface area contributed by atoms with E-state index in [1.54, 1.807) is 6.07 Å². The first-order chi connectivity index (χ1) is 21.8. The van der Waals surface area contributed by atoms with Crippen molar-refractivity contribution in [1.29, 1.82) is 0 Å². The average molecular weight is 574 g/mol. The van der Waals surface area contributed by atoms with Crippen LogP contribution in [0.1, 0.15) is 91.6 Å². The van der Waals surface area contributed by atoms with Crippen LogP contribution in [0.15, 0.2) is 69.5 Å². The normalized spacial score (nSPS) is 13.8. The standard InChI is InChI=1S/C38H40N3O2/c1-20(2)25-16-27(21(3)4)36(28(17-25)22(5)6)41-32-13-11-10-12-31(32)40(9)38(41)35-23(7)14-15-26-29-18-30-34(42-24(8)39-30)19-33(29)43-37(26)35/h10-22H,1-9H3/q+1/i8D3. The molecule has 5 nitrogen and oxygen atoms in total. The molecule has 0 aliphatic heterocycles. The second-order valence-electron chi connectivity index (χ2n) is 12.8. The Morgan fingerprint density at radius 3 is 2.21 bits per heavy atom. The summed E-state index contributed by atoms with van der Waals surface area (Å²) in [5.41, 5.74) is 11.9. The largest absolute Gasteiger partial charge is 0.455 e. The second-order valence-corrected chi connectivity index (χ2v) is 12.8. The highest BCUT2D eigenvalue weighted by Gasteiger charge is 2.34. The third kappa shape index (κ3) is 4.12. The molecular weight excluding hydrogens is 530 g/mol. The number of hydrogen-bond acceptors (Lipinski definition) is 3. The topological polar surface area (TPSA) is 48.0 Å². The van der Waals surface area contributed by atoms with Gasteiger partial charge in [-0.3, -0.25) is 0 Å². The number of imidazole rings is 1. The van der Waals surface area contributed by atoms with Gasteiger partial charge in [-0.05, 0) is 54.0 Å². The summed E-state index contributed by atoms with van der Waals surface area (Å²) in [4.78, 5) is 4.31. The Balaban J connectivity index is 1.61. The Morgan fingerprint density at radius 1 is 0.814 bits per heavy atom. The molecule has 0 spiro atoms. The third-order valence-electron chi connectivity index (χ3n) is 8.92. The van der Waals surface area contributed by atoms with Crippen molar-refractivity contribution in [2.45, 2.75) is 73.1 Å². The monoisotopic (exact) mass is 573 g/mol. The van der Waals surface area contributed by atoms with E-state index in [4.69, 9.17) is 12.9 Å². The maximum atomic E-state index is 7.75. The van der Waals surface area contributed by atoms with E-state index in [-0.39, 0.29) is 5.89 Å². The van der Waals surface area contributed by atoms with Crippen LogP contribution >= 0.6 is 0 Å². The first-order valence-electron chi connectivity index (χ1n) is 16.7. The molecule has 3 heterocycles. The summed E-state index contributed by atoms with van der Waals surface area (Å²) in [5.74, 6) is 1.79. The number of fused-ring (bicyclic) bond motifs is 5. The molecule has 0 atom stereocenters. The molecule has 0 aliphatic rings. The smallest absolute Gasteiger partial charge is 0.299 e. The van der Waals surface area contributed by atoms with Gasteiger partial charge in [0.05, 0.1) is 7.05 Å². The Morgan fingerprint density at radius 2 is 1.53 bits per heavy atom. The number of para-hydroxylation sites is 2. The van der Waals surface area contributed by atoms with Crippen molar-refractivity contribution in [3.05, 3.63) is 88.8 Å². The molecule has 43 heavy (non-hydrogen) atoms. The third-order valence-corrected chi connectivity index (χ3v) is 8.92. The summed E-state index contributed by atoms with van der Waals surface area (Å²) in [6.07, 6.45) is 0. The number of nitrogens with zero attached hydrogens (tertiary/aromatic N) is 3. The Hall–Kier alpha value is -4.38. The van der Waals surface area contributed by atoms with Crippen LogP contribution in [0.25, 0.3) is 61.1 Å². The van der Waals surface area contributed by atoms with E-state index in [0.29, 0.717) is 34.4 Å². The van der Waals surface area contributed by atoms with Gasteiger partial charge in [0, 0.05) is 38.9 Å². The van der Waals surface area contributed by atoms with Crippen molar-refractivity contribution in [1.82, 2.24) is 9.55 Å². The molecule has 0 aliphatic carbocycles. The van der Waals surface area contributed by atoms with Gasteiger partial charge >= 0.3 is 0 Å². The zero-order chi connectivity index (χ0) is 32.8. The Kier molecular flexibility index (Phi) is 5.51. The number of furan rings is 1. The van der Waals surface area contributed by atoms with Crippen LogP contribution in [0, 0.1) is 13.8 Å². The minimum Gasteiger partial charge on any atom is -0.455 e. The fourth-order valence-corrected chi connectivity index (χ4v) is 6.63. The van der Waals surface area contributed by atoms with E-state index in [9.17, 15) is 0 Å². The van der Waals surface area contributed by atoms with Crippen LogP contribution in [-0.4, -0.2) is 9.55 Å². The molecular formula is C38H40N3O2+. The van der Waals surface area contributed by atoms with Crippen LogP contribution in [0.5, 0.6) is 0 Å². The number of aromatic nitrogens is 3. The molecule has 0 bridgehead atoms. The lowest BCUT2D eigenvalue weighted by Crippen LogP contribution is -2.30. The molecule has 7 rings (SSSR count). The van der Waals surface area contributed by atoms with E-state index in [1.165, 1.54) is 22.4 Å². The highest BCUT2D eigenvalue weighted by atomic mass is 16.4. The fourth-order valence-electron chi connectivity index (χ4n) is 6.63. The molecule has 7 aromatic rings. The summed E-state index contributed by atoms with van der Waals surface area (Å²) in [7, 11) is 2.13. The Bertz CT molecular complexity index is 2290. The molecule has 0 unspecified atom stereocenters. The molecule has 0 N–H and O–H groups in total. The molecule has 5 heteroatoms. The van der Waals surface area contributed by atoms with Gasteiger partial charge in [0.1, 0.15) is 22.4 Å². The summed E-state index contributed by atoms with van der Waals surface area (Å²) in [6.45, 7) is 13.4. The summed E-state index contributed by atoms with van der Waals surface area (Å²) < 4.78 is 40.4. The maximum Gasteiger partial charge on any atom is 0.299 e. The minimum absolute atomic E-state index is 0.266. The number of rotatable bonds is 5. The van der Waals surface area contributed by atoms with Gasteiger partial charge in [0.2, 0.25) is 0 Å². The molecule has 0 radical (unpaired) electrons. The van der Waals surface area contributed by atoms with E-state index < -0.39 is 6.85 Å². The summed E-state index contributed by atoms with van der Waals surface area (Å²) in [5, 5.41) is 1.81. The van der Waals surface area contributed by atoms with Crippen molar-refractivity contribution in [3.63, 3.8) is 0 Å². The molecule has 0 saturated carbocycles. The van der Waals surface area contributed by atoms with E-state index in [2.05, 4.69) is 118 Å². The predicted molar refractivity (Wildman–Crippen MR) is 176 cm³/mol. The number of oxazole rings is 1. The lowest BCUT2D eigenvalue weighted by molar-refractivity contribution is -0.633. The number of benzene rings is 4. The molecule has 218 valence electrons. The van der Waals surface area contributed by atoms with Gasteiger partial charge in [-0.2, -0.15) is 4.57 Å². The highest BCUT2D eigenvalue weighted by molar-refractivity contribution is 6.12. The first-order valence-corrected chi connectivity index (χ1v) is 15.2. The first kappa shape index (κ1) is 24.1. The van der Waals surface area contributed by atoms with Crippen LogP contribution in [-0.2, 0) is 7.05 Å². The summed E-state index contributed by atoms with van der Waals surface area (Å²) >= 11 is 0. The zero-order valence-corrected chi connectivity index (χ0v) is 26.2. The summed E-state index contributed by atoms with van der Waals surface area (Å²) in [6, 6.07) is 21.3. The van der Waals surface area contributed by atoms with Crippen molar-refractivity contribution in [2.24, 2.45) is 7.05 Å².